The summed E-state index contributed by atoms with van der Waals surface area (Å²) in [6, 6.07) is 8.79. The molecule has 2 aliphatic rings. The molecule has 0 radical (unpaired) electrons. The van der Waals surface area contributed by atoms with Gasteiger partial charge in [0.15, 0.2) is 5.82 Å². The van der Waals surface area contributed by atoms with Gasteiger partial charge in [0.25, 0.3) is 0 Å². The highest BCUT2D eigenvalue weighted by Crippen LogP contribution is 2.39. The molecule has 1 aromatic carbocycles. The maximum Gasteiger partial charge on any atom is 0.156 e. The number of hydrogen-bond donors (Lipinski definition) is 0. The van der Waals surface area contributed by atoms with E-state index in [-0.39, 0.29) is 0 Å². The molecule has 0 N–H and O–H groups in total. The molecule has 1 atom stereocenters. The zero-order valence-corrected chi connectivity index (χ0v) is 15.9. The van der Waals surface area contributed by atoms with Crippen LogP contribution in [-0.2, 0) is 4.74 Å². The van der Waals surface area contributed by atoms with E-state index in [1.54, 1.807) is 0 Å². The first-order chi connectivity index (χ1) is 12.7. The minimum Gasteiger partial charge on any atom is -0.494 e. The molecule has 1 aromatic heterocycles. The quantitative estimate of drug-likeness (QED) is 0.796. The van der Waals surface area contributed by atoms with Crippen LogP contribution >= 0.6 is 0 Å². The first-order valence-corrected chi connectivity index (χ1v) is 9.60. The Morgan fingerprint density at radius 1 is 1.19 bits per heavy atom. The van der Waals surface area contributed by atoms with E-state index in [9.17, 15) is 0 Å². The molecule has 1 aliphatic heterocycles. The van der Waals surface area contributed by atoms with E-state index in [1.807, 2.05) is 23.7 Å². The van der Waals surface area contributed by atoms with E-state index < -0.39 is 0 Å². The van der Waals surface area contributed by atoms with Crippen LogP contribution < -0.4 is 4.74 Å². The Labute approximate surface area is 155 Å². The predicted octanol–water partition coefficient (Wildman–Crippen LogP) is 2.98. The summed E-state index contributed by atoms with van der Waals surface area (Å²) >= 11 is 0. The van der Waals surface area contributed by atoms with E-state index in [0.717, 1.165) is 55.6 Å². The third kappa shape index (κ3) is 3.35. The average molecular weight is 356 g/mol. The lowest BCUT2D eigenvalue weighted by Crippen LogP contribution is -2.40. The normalized spacial score (nSPS) is 25.5. The minimum absolute atomic E-state index is 0.322. The van der Waals surface area contributed by atoms with Gasteiger partial charge in [-0.1, -0.05) is 0 Å². The lowest BCUT2D eigenvalue weighted by atomic mass is 9.79. The fourth-order valence-electron chi connectivity index (χ4n) is 3.78. The molecule has 140 valence electrons. The van der Waals surface area contributed by atoms with Gasteiger partial charge in [-0.2, -0.15) is 5.10 Å². The van der Waals surface area contributed by atoms with Crippen molar-refractivity contribution in [2.24, 2.45) is 0 Å². The van der Waals surface area contributed by atoms with Crippen LogP contribution in [0.15, 0.2) is 24.3 Å². The molecule has 2 aromatic rings. The van der Waals surface area contributed by atoms with E-state index >= 15 is 0 Å². The number of hydrogen-bond acceptors (Lipinski definition) is 5. The molecular formula is C20H28N4O2. The van der Waals surface area contributed by atoms with Crippen molar-refractivity contribution < 1.29 is 9.47 Å². The molecule has 2 fully saturated rings. The predicted molar refractivity (Wildman–Crippen MR) is 100 cm³/mol. The first-order valence-electron chi connectivity index (χ1n) is 9.60. The minimum atomic E-state index is 0.322. The van der Waals surface area contributed by atoms with Crippen LogP contribution in [0.4, 0.5) is 0 Å². The second-order valence-electron chi connectivity index (χ2n) is 7.51. The monoisotopic (exact) mass is 356 g/mol. The van der Waals surface area contributed by atoms with E-state index in [0.29, 0.717) is 24.5 Å². The Bertz CT molecular complexity index is 729. The van der Waals surface area contributed by atoms with Crippen LogP contribution in [0.3, 0.4) is 0 Å². The van der Waals surface area contributed by atoms with Crippen molar-refractivity contribution in [2.75, 3.05) is 33.9 Å². The molecule has 1 unspecified atom stereocenters. The summed E-state index contributed by atoms with van der Waals surface area (Å²) in [6.45, 7) is 4.21. The van der Waals surface area contributed by atoms with Crippen molar-refractivity contribution in [3.05, 3.63) is 35.9 Å². The Morgan fingerprint density at radius 2 is 1.96 bits per heavy atom. The number of nitrogens with zero attached hydrogens (tertiary/aromatic N) is 4. The van der Waals surface area contributed by atoms with Gasteiger partial charge in [-0.15, -0.1) is 0 Å². The third-order valence-electron chi connectivity index (χ3n) is 5.54. The fourth-order valence-corrected chi connectivity index (χ4v) is 3.78. The van der Waals surface area contributed by atoms with Crippen molar-refractivity contribution >= 4 is 0 Å². The summed E-state index contributed by atoms with van der Waals surface area (Å²) in [5.41, 5.74) is 1.05. The second-order valence-corrected chi connectivity index (χ2v) is 7.51. The average Bonchev–Trinajstić information content (AvgIpc) is 3.24. The van der Waals surface area contributed by atoms with Crippen LogP contribution in [0, 0.1) is 0 Å². The molecule has 6 nitrogen and oxygen atoms in total. The van der Waals surface area contributed by atoms with Crippen molar-refractivity contribution in [1.29, 1.82) is 0 Å². The van der Waals surface area contributed by atoms with E-state index in [4.69, 9.17) is 19.6 Å². The van der Waals surface area contributed by atoms with Gasteiger partial charge >= 0.3 is 0 Å². The van der Waals surface area contributed by atoms with Crippen LogP contribution in [-0.4, -0.2) is 59.6 Å². The Morgan fingerprint density at radius 3 is 2.58 bits per heavy atom. The molecule has 6 heteroatoms. The molecule has 1 saturated heterocycles. The van der Waals surface area contributed by atoms with Gasteiger partial charge in [-0.05, 0) is 64.5 Å². The molecule has 4 rings (SSSR count). The lowest BCUT2D eigenvalue weighted by molar-refractivity contribution is 0.160. The summed E-state index contributed by atoms with van der Waals surface area (Å²) in [5.74, 6) is 3.70. The standard InChI is InChI=1S/C20H28N4O2/c1-4-26-18-7-5-16(6-8-18)24-20(15-11-17(12-15)23(2)3)21-19(22-24)14-9-10-25-13-14/h5-8,14-15,17H,4,9-13H2,1-3H3. The maximum absolute atomic E-state index is 5.57. The van der Waals surface area contributed by atoms with Crippen molar-refractivity contribution in [3.63, 3.8) is 0 Å². The number of ether oxygens (including phenoxy) is 2. The molecule has 0 bridgehead atoms. The largest absolute Gasteiger partial charge is 0.494 e. The Hall–Kier alpha value is -1.92. The third-order valence-corrected chi connectivity index (χ3v) is 5.54. The second kappa shape index (κ2) is 7.37. The van der Waals surface area contributed by atoms with Crippen molar-refractivity contribution in [1.82, 2.24) is 19.7 Å². The van der Waals surface area contributed by atoms with Crippen LogP contribution in [0.1, 0.15) is 49.7 Å². The van der Waals surface area contributed by atoms with E-state index in [2.05, 4.69) is 31.1 Å². The van der Waals surface area contributed by atoms with Crippen LogP contribution in [0.25, 0.3) is 5.69 Å². The Kier molecular flexibility index (Phi) is 4.96. The zero-order valence-electron chi connectivity index (χ0n) is 15.9. The molecule has 1 saturated carbocycles. The topological polar surface area (TPSA) is 52.4 Å². The molecule has 0 spiro atoms. The van der Waals surface area contributed by atoms with Gasteiger partial charge in [0.1, 0.15) is 11.6 Å². The summed E-state index contributed by atoms with van der Waals surface area (Å²) in [6.07, 6.45) is 3.30. The SMILES string of the molecule is CCOc1ccc(-n2nc(C3CCOC3)nc2C2CC(N(C)C)C2)cc1. The lowest BCUT2D eigenvalue weighted by Gasteiger charge is -2.39. The van der Waals surface area contributed by atoms with Gasteiger partial charge in [0, 0.05) is 24.5 Å². The van der Waals surface area contributed by atoms with Gasteiger partial charge in [0.2, 0.25) is 0 Å². The molecule has 26 heavy (non-hydrogen) atoms. The summed E-state index contributed by atoms with van der Waals surface area (Å²) in [4.78, 5) is 7.27. The molecule has 2 heterocycles. The van der Waals surface area contributed by atoms with Crippen molar-refractivity contribution in [3.8, 4) is 11.4 Å². The molecular weight excluding hydrogens is 328 g/mol. The van der Waals surface area contributed by atoms with Gasteiger partial charge in [-0.25, -0.2) is 9.67 Å². The highest BCUT2D eigenvalue weighted by Gasteiger charge is 2.36. The van der Waals surface area contributed by atoms with Gasteiger partial charge in [0.05, 0.1) is 18.9 Å². The maximum atomic E-state index is 5.57. The number of benzene rings is 1. The fraction of sp³-hybridized carbons (Fsp3) is 0.600. The summed E-state index contributed by atoms with van der Waals surface area (Å²) < 4.78 is 13.2. The molecule has 1 aliphatic carbocycles. The smallest absolute Gasteiger partial charge is 0.156 e. The highest BCUT2D eigenvalue weighted by atomic mass is 16.5. The van der Waals surface area contributed by atoms with Gasteiger partial charge < -0.3 is 14.4 Å². The summed E-state index contributed by atoms with van der Waals surface area (Å²) in [7, 11) is 4.30. The Balaban J connectivity index is 1.63. The van der Waals surface area contributed by atoms with E-state index in [1.165, 1.54) is 0 Å². The number of rotatable bonds is 6. The summed E-state index contributed by atoms with van der Waals surface area (Å²) in [5, 5.41) is 4.88. The van der Waals surface area contributed by atoms with Gasteiger partial charge in [-0.3, -0.25) is 0 Å². The highest BCUT2D eigenvalue weighted by molar-refractivity contribution is 5.38. The zero-order chi connectivity index (χ0) is 18.1. The van der Waals surface area contributed by atoms with Crippen LogP contribution in [0.5, 0.6) is 5.75 Å². The van der Waals surface area contributed by atoms with Crippen LogP contribution in [0.2, 0.25) is 0 Å². The number of aromatic nitrogens is 3. The molecule has 0 amide bonds. The van der Waals surface area contributed by atoms with Crippen molar-refractivity contribution in [2.45, 2.75) is 44.1 Å². The first kappa shape index (κ1) is 17.5.